The van der Waals surface area contributed by atoms with Gasteiger partial charge in [0.2, 0.25) is 5.91 Å². The normalized spacial score (nSPS) is 21.2. The van der Waals surface area contributed by atoms with Crippen LogP contribution in [-0.2, 0) is 16.0 Å². The molecule has 1 aromatic rings. The number of rotatable bonds is 5. The topological polar surface area (TPSA) is 66.4 Å². The van der Waals surface area contributed by atoms with E-state index in [1.165, 1.54) is 23.9 Å². The molecule has 0 aliphatic carbocycles. The van der Waals surface area contributed by atoms with E-state index < -0.39 is 11.5 Å². The fourth-order valence-corrected chi connectivity index (χ4v) is 3.97. The number of halogens is 2. The molecule has 4 nitrogen and oxygen atoms in total. The summed E-state index contributed by atoms with van der Waals surface area (Å²) in [5.74, 6) is -0.564. The summed E-state index contributed by atoms with van der Waals surface area (Å²) in [5, 5.41) is 11.9. The minimum absolute atomic E-state index is 0.127. The van der Waals surface area contributed by atoms with Crippen LogP contribution in [0.5, 0.6) is 0 Å². The largest absolute Gasteiger partial charge is 0.479 e. The Morgan fingerprint density at radius 2 is 2.24 bits per heavy atom. The third kappa shape index (κ3) is 3.97. The minimum atomic E-state index is -1.15. The lowest BCUT2D eigenvalue weighted by atomic mass is 9.98. The third-order valence-electron chi connectivity index (χ3n) is 3.44. The molecule has 0 radical (unpaired) electrons. The Bertz CT molecular complexity index is 561. The summed E-state index contributed by atoms with van der Waals surface area (Å²) >= 11 is 4.82. The van der Waals surface area contributed by atoms with Gasteiger partial charge in [0.05, 0.1) is 0 Å². The van der Waals surface area contributed by atoms with Crippen molar-refractivity contribution in [3.05, 3.63) is 34.1 Å². The van der Waals surface area contributed by atoms with Gasteiger partial charge in [0, 0.05) is 16.6 Å². The summed E-state index contributed by atoms with van der Waals surface area (Å²) in [5.41, 5.74) is -0.462. The number of hydrogen-bond acceptors (Lipinski definition) is 3. The molecular formula is C14H15BrFNO3S. The molecule has 0 bridgehead atoms. The molecule has 0 saturated carbocycles. The number of thioether (sulfide) groups is 1. The van der Waals surface area contributed by atoms with Gasteiger partial charge < -0.3 is 10.4 Å². The number of nitrogens with one attached hydrogen (secondary N) is 1. The molecule has 0 spiro atoms. The van der Waals surface area contributed by atoms with Crippen LogP contribution in [0.15, 0.2) is 22.7 Å². The number of carbonyl (C=O) groups excluding carboxylic acids is 1. The second-order valence-corrected chi connectivity index (χ2v) is 6.93. The molecule has 1 heterocycles. The van der Waals surface area contributed by atoms with E-state index in [0.29, 0.717) is 24.2 Å². The number of aryl methyl sites for hydroxylation is 1. The summed E-state index contributed by atoms with van der Waals surface area (Å²) in [6.07, 6.45) is 0.914. The third-order valence-corrected chi connectivity index (χ3v) is 5.40. The molecule has 7 heteroatoms. The highest BCUT2D eigenvalue weighted by atomic mass is 79.9. The van der Waals surface area contributed by atoms with Gasteiger partial charge in [0.1, 0.15) is 11.4 Å². The van der Waals surface area contributed by atoms with Gasteiger partial charge in [-0.05, 0) is 42.4 Å². The Kier molecular flexibility index (Phi) is 5.27. The first-order valence-electron chi connectivity index (χ1n) is 6.49. The van der Waals surface area contributed by atoms with Crippen LogP contribution in [0, 0.1) is 5.82 Å². The summed E-state index contributed by atoms with van der Waals surface area (Å²) in [6.45, 7) is 0. The maximum atomic E-state index is 13.2. The zero-order valence-corrected chi connectivity index (χ0v) is 13.6. The van der Waals surface area contributed by atoms with Crippen LogP contribution in [0.25, 0.3) is 0 Å². The summed E-state index contributed by atoms with van der Waals surface area (Å²) in [6, 6.07) is 4.30. The molecule has 2 N–H and O–H groups in total. The zero-order chi connectivity index (χ0) is 15.5. The SMILES string of the molecule is O=C(CCc1cc(F)ccc1Br)NC1(C(=O)O)CCSC1. The maximum Gasteiger partial charge on any atom is 0.330 e. The molecule has 1 atom stereocenters. The predicted molar refractivity (Wildman–Crippen MR) is 82.9 cm³/mol. The fourth-order valence-electron chi connectivity index (χ4n) is 2.20. The molecule has 1 aliphatic rings. The first kappa shape index (κ1) is 16.3. The number of carbonyl (C=O) groups is 2. The van der Waals surface area contributed by atoms with Gasteiger partial charge in [-0.3, -0.25) is 4.79 Å². The summed E-state index contributed by atoms with van der Waals surface area (Å²) in [7, 11) is 0. The van der Waals surface area contributed by atoms with Crippen LogP contribution < -0.4 is 5.32 Å². The van der Waals surface area contributed by atoms with Crippen molar-refractivity contribution < 1.29 is 19.1 Å². The molecule has 1 saturated heterocycles. The Balaban J connectivity index is 1.96. The van der Waals surface area contributed by atoms with Crippen LogP contribution >= 0.6 is 27.7 Å². The summed E-state index contributed by atoms with van der Waals surface area (Å²) in [4.78, 5) is 23.3. The number of benzene rings is 1. The van der Waals surface area contributed by atoms with E-state index in [-0.39, 0.29) is 18.1 Å². The van der Waals surface area contributed by atoms with E-state index >= 15 is 0 Å². The average molecular weight is 376 g/mol. The number of aliphatic carboxylic acids is 1. The van der Waals surface area contributed by atoms with Crippen LogP contribution in [0.3, 0.4) is 0 Å². The van der Waals surface area contributed by atoms with Crippen molar-refractivity contribution in [2.75, 3.05) is 11.5 Å². The molecule has 2 rings (SSSR count). The quantitative estimate of drug-likeness (QED) is 0.829. The van der Waals surface area contributed by atoms with Crippen LogP contribution in [-0.4, -0.2) is 34.0 Å². The lowest BCUT2D eigenvalue weighted by Crippen LogP contribution is -2.54. The maximum absolute atomic E-state index is 13.2. The summed E-state index contributed by atoms with van der Waals surface area (Å²) < 4.78 is 13.9. The van der Waals surface area contributed by atoms with Gasteiger partial charge in [-0.2, -0.15) is 11.8 Å². The number of hydrogen-bond donors (Lipinski definition) is 2. The van der Waals surface area contributed by atoms with E-state index in [0.717, 1.165) is 10.2 Å². The van der Waals surface area contributed by atoms with E-state index in [4.69, 9.17) is 0 Å². The Morgan fingerprint density at radius 1 is 1.48 bits per heavy atom. The van der Waals surface area contributed by atoms with Crippen LogP contribution in [0.4, 0.5) is 4.39 Å². The van der Waals surface area contributed by atoms with E-state index in [1.807, 2.05) is 0 Å². The Morgan fingerprint density at radius 3 is 2.86 bits per heavy atom. The van der Waals surface area contributed by atoms with Crippen molar-refractivity contribution in [1.82, 2.24) is 5.32 Å². The Labute approximate surface area is 134 Å². The monoisotopic (exact) mass is 375 g/mol. The molecule has 1 amide bonds. The first-order chi connectivity index (χ1) is 9.93. The van der Waals surface area contributed by atoms with Crippen molar-refractivity contribution >= 4 is 39.6 Å². The average Bonchev–Trinajstić information content (AvgIpc) is 2.89. The van der Waals surface area contributed by atoms with Crippen molar-refractivity contribution in [1.29, 1.82) is 0 Å². The smallest absolute Gasteiger partial charge is 0.330 e. The van der Waals surface area contributed by atoms with Gasteiger partial charge in [-0.25, -0.2) is 9.18 Å². The molecule has 21 heavy (non-hydrogen) atoms. The van der Waals surface area contributed by atoms with Crippen molar-refractivity contribution in [2.45, 2.75) is 24.8 Å². The standard InChI is InChI=1S/C14H15BrFNO3S/c15-11-3-2-10(16)7-9(11)1-4-12(18)17-14(13(19)20)5-6-21-8-14/h2-3,7H,1,4-6,8H2,(H,17,18)(H,19,20). The first-order valence-corrected chi connectivity index (χ1v) is 8.44. The second-order valence-electron chi connectivity index (χ2n) is 4.97. The zero-order valence-electron chi connectivity index (χ0n) is 11.2. The minimum Gasteiger partial charge on any atom is -0.479 e. The van der Waals surface area contributed by atoms with Crippen molar-refractivity contribution in [2.24, 2.45) is 0 Å². The highest BCUT2D eigenvalue weighted by molar-refractivity contribution is 9.10. The van der Waals surface area contributed by atoms with Crippen LogP contribution in [0.1, 0.15) is 18.4 Å². The number of carboxylic acids is 1. The van der Waals surface area contributed by atoms with Gasteiger partial charge >= 0.3 is 5.97 Å². The van der Waals surface area contributed by atoms with Crippen LogP contribution in [0.2, 0.25) is 0 Å². The van der Waals surface area contributed by atoms with E-state index in [2.05, 4.69) is 21.2 Å². The van der Waals surface area contributed by atoms with Gasteiger partial charge in [0.15, 0.2) is 0 Å². The van der Waals surface area contributed by atoms with E-state index in [9.17, 15) is 19.1 Å². The molecular weight excluding hydrogens is 361 g/mol. The molecule has 1 fully saturated rings. The fraction of sp³-hybridized carbons (Fsp3) is 0.429. The van der Waals surface area contributed by atoms with E-state index in [1.54, 1.807) is 6.07 Å². The van der Waals surface area contributed by atoms with Crippen molar-refractivity contribution in [3.8, 4) is 0 Å². The second kappa shape index (κ2) is 6.79. The van der Waals surface area contributed by atoms with Gasteiger partial charge in [-0.1, -0.05) is 15.9 Å². The highest BCUT2D eigenvalue weighted by Gasteiger charge is 2.43. The lowest BCUT2D eigenvalue weighted by Gasteiger charge is -2.24. The van der Waals surface area contributed by atoms with Crippen molar-refractivity contribution in [3.63, 3.8) is 0 Å². The predicted octanol–water partition coefficient (Wildman–Crippen LogP) is 2.60. The highest BCUT2D eigenvalue weighted by Crippen LogP contribution is 2.28. The molecule has 0 aromatic heterocycles. The van der Waals surface area contributed by atoms with Gasteiger partial charge in [-0.15, -0.1) is 0 Å². The lowest BCUT2D eigenvalue weighted by molar-refractivity contribution is -0.146. The van der Waals surface area contributed by atoms with Gasteiger partial charge in [0.25, 0.3) is 0 Å². The molecule has 1 aliphatic heterocycles. The Hall–Kier alpha value is -1.08. The number of carboxylic acid groups (broad SMARTS) is 1. The molecule has 1 aromatic carbocycles. The molecule has 114 valence electrons. The molecule has 1 unspecified atom stereocenters. The number of amides is 1.